The summed E-state index contributed by atoms with van der Waals surface area (Å²) >= 11 is 0. The van der Waals surface area contributed by atoms with Gasteiger partial charge in [0, 0.05) is 24.2 Å². The molecule has 1 saturated carbocycles. The van der Waals surface area contributed by atoms with Gasteiger partial charge in [0.15, 0.2) is 11.9 Å². The van der Waals surface area contributed by atoms with Crippen LogP contribution >= 0.6 is 0 Å². The van der Waals surface area contributed by atoms with Gasteiger partial charge in [-0.2, -0.15) is 5.48 Å². The minimum absolute atomic E-state index is 0.00885. The smallest absolute Gasteiger partial charge is 0.293 e. The predicted octanol–water partition coefficient (Wildman–Crippen LogP) is 4.16. The highest BCUT2D eigenvalue weighted by Crippen LogP contribution is 2.36. The molecule has 2 heterocycles. The van der Waals surface area contributed by atoms with Gasteiger partial charge in [0.05, 0.1) is 11.9 Å². The van der Waals surface area contributed by atoms with Crippen LogP contribution in [0, 0.1) is 12.8 Å². The molecule has 10 nitrogen and oxygen atoms in total. The van der Waals surface area contributed by atoms with Crippen LogP contribution in [0.4, 0.5) is 11.4 Å². The number of aldehydes is 1. The Labute approximate surface area is 215 Å². The molecule has 0 radical (unpaired) electrons. The number of hydroxylamine groups is 1. The number of aryl methyl sites for hydroxylation is 1. The standard InChI is InChI=1S/C27H31N5O5/c1-15-5-6-17(23-31-26(37-32-23)16-7-8-16)11-20(15)30-24(34)22-13-29-25(35-22)18-9-10-19(28-4)21(12-18)36-27(2,3)14-33/h5-6,9-14,16,23,26,28,31-32H,7-8H2,1-4H3,(H,30,34). The summed E-state index contributed by atoms with van der Waals surface area (Å²) in [5.41, 5.74) is 5.89. The van der Waals surface area contributed by atoms with Crippen molar-refractivity contribution in [2.24, 2.45) is 5.92 Å². The average Bonchev–Trinajstić information content (AvgIpc) is 3.40. The van der Waals surface area contributed by atoms with Crippen molar-refractivity contribution in [1.82, 2.24) is 15.8 Å². The zero-order valence-electron chi connectivity index (χ0n) is 21.3. The van der Waals surface area contributed by atoms with Crippen molar-refractivity contribution >= 4 is 23.6 Å². The molecule has 2 fully saturated rings. The molecule has 10 heteroatoms. The first-order chi connectivity index (χ1) is 17.8. The molecule has 1 aliphatic heterocycles. The Morgan fingerprint density at radius 2 is 2.00 bits per heavy atom. The van der Waals surface area contributed by atoms with Crippen LogP contribution in [0.3, 0.4) is 0 Å². The Bertz CT molecular complexity index is 1320. The zero-order valence-corrected chi connectivity index (χ0v) is 21.3. The van der Waals surface area contributed by atoms with Crippen LogP contribution in [-0.2, 0) is 9.63 Å². The summed E-state index contributed by atoms with van der Waals surface area (Å²) in [7, 11) is 1.76. The molecule has 2 unspecified atom stereocenters. The first-order valence-electron chi connectivity index (χ1n) is 12.3. The third-order valence-electron chi connectivity index (χ3n) is 6.42. The van der Waals surface area contributed by atoms with Gasteiger partial charge in [-0.25, -0.2) is 4.98 Å². The van der Waals surface area contributed by atoms with Crippen LogP contribution in [0.1, 0.15) is 54.5 Å². The summed E-state index contributed by atoms with van der Waals surface area (Å²) < 4.78 is 11.7. The van der Waals surface area contributed by atoms with Gasteiger partial charge < -0.3 is 19.8 Å². The van der Waals surface area contributed by atoms with E-state index in [9.17, 15) is 9.59 Å². The van der Waals surface area contributed by atoms with Gasteiger partial charge in [-0.1, -0.05) is 12.1 Å². The number of anilines is 2. The number of amides is 1. The van der Waals surface area contributed by atoms with E-state index in [2.05, 4.69) is 26.4 Å². The fourth-order valence-electron chi connectivity index (χ4n) is 4.07. The number of nitrogens with zero attached hydrogens (tertiary/aromatic N) is 1. The van der Waals surface area contributed by atoms with E-state index in [-0.39, 0.29) is 24.0 Å². The van der Waals surface area contributed by atoms with Gasteiger partial charge in [-0.3, -0.25) is 19.7 Å². The van der Waals surface area contributed by atoms with Crippen molar-refractivity contribution in [3.8, 4) is 17.2 Å². The molecule has 5 rings (SSSR count). The molecule has 0 spiro atoms. The monoisotopic (exact) mass is 505 g/mol. The summed E-state index contributed by atoms with van der Waals surface area (Å²) in [5.74, 6) is 0.938. The van der Waals surface area contributed by atoms with Crippen LogP contribution in [0.5, 0.6) is 5.75 Å². The summed E-state index contributed by atoms with van der Waals surface area (Å²) in [5, 5.41) is 9.41. The number of ether oxygens (including phenoxy) is 1. The van der Waals surface area contributed by atoms with Crippen molar-refractivity contribution in [3.63, 3.8) is 0 Å². The van der Waals surface area contributed by atoms with Crippen molar-refractivity contribution in [2.45, 2.75) is 51.6 Å². The highest BCUT2D eigenvalue weighted by atomic mass is 16.7. The number of benzene rings is 2. The van der Waals surface area contributed by atoms with Crippen LogP contribution < -0.4 is 26.2 Å². The largest absolute Gasteiger partial charge is 0.478 e. The van der Waals surface area contributed by atoms with Gasteiger partial charge in [0.25, 0.3) is 5.91 Å². The molecule has 4 N–H and O–H groups in total. The quantitative estimate of drug-likeness (QED) is 0.317. The van der Waals surface area contributed by atoms with Gasteiger partial charge in [0.2, 0.25) is 11.7 Å². The Kier molecular flexibility index (Phi) is 6.72. The predicted molar refractivity (Wildman–Crippen MR) is 138 cm³/mol. The lowest BCUT2D eigenvalue weighted by Gasteiger charge is -2.22. The second-order valence-electron chi connectivity index (χ2n) is 9.94. The summed E-state index contributed by atoms with van der Waals surface area (Å²) in [4.78, 5) is 34.3. The number of nitrogens with one attached hydrogen (secondary N) is 4. The van der Waals surface area contributed by atoms with E-state index in [1.165, 1.54) is 19.0 Å². The Balaban J connectivity index is 1.31. The SMILES string of the molecule is CNc1ccc(-c2ncc(C(=O)Nc3cc(C4NOC(C5CC5)N4)ccc3C)o2)cc1OC(C)(C)C=O. The topological polar surface area (TPSA) is 127 Å². The van der Waals surface area contributed by atoms with E-state index in [1.54, 1.807) is 39.1 Å². The van der Waals surface area contributed by atoms with E-state index in [4.69, 9.17) is 14.0 Å². The Morgan fingerprint density at radius 1 is 1.19 bits per heavy atom. The fraction of sp³-hybridized carbons (Fsp3) is 0.370. The number of rotatable bonds is 9. The molecule has 37 heavy (non-hydrogen) atoms. The summed E-state index contributed by atoms with van der Waals surface area (Å²) in [6.45, 7) is 5.28. The maximum absolute atomic E-state index is 13.0. The van der Waals surface area contributed by atoms with E-state index in [0.717, 1.165) is 17.4 Å². The molecule has 1 aliphatic carbocycles. The fourth-order valence-corrected chi connectivity index (χ4v) is 4.07. The minimum Gasteiger partial charge on any atom is -0.478 e. The molecule has 194 valence electrons. The van der Waals surface area contributed by atoms with Crippen LogP contribution in [0.15, 0.2) is 47.0 Å². The lowest BCUT2D eigenvalue weighted by atomic mass is 10.1. The number of hydrogen-bond acceptors (Lipinski definition) is 9. The van der Waals surface area contributed by atoms with Crippen molar-refractivity contribution < 1.29 is 23.6 Å². The first-order valence-corrected chi connectivity index (χ1v) is 12.3. The van der Waals surface area contributed by atoms with Crippen molar-refractivity contribution in [2.75, 3.05) is 17.7 Å². The van der Waals surface area contributed by atoms with Gasteiger partial charge in [-0.05, 0) is 69.0 Å². The van der Waals surface area contributed by atoms with Crippen LogP contribution in [0.25, 0.3) is 11.5 Å². The lowest BCUT2D eigenvalue weighted by Crippen LogP contribution is -2.30. The molecule has 2 aromatic carbocycles. The molecular formula is C27H31N5O5. The van der Waals surface area contributed by atoms with Gasteiger partial charge >= 0.3 is 0 Å². The maximum Gasteiger partial charge on any atom is 0.293 e. The summed E-state index contributed by atoms with van der Waals surface area (Å²) in [6.07, 6.45) is 4.33. The molecular weight excluding hydrogens is 474 g/mol. The van der Waals surface area contributed by atoms with Crippen LogP contribution in [-0.4, -0.2) is 36.1 Å². The number of oxazole rings is 1. The third-order valence-corrected chi connectivity index (χ3v) is 6.42. The second-order valence-corrected chi connectivity index (χ2v) is 9.94. The molecule has 0 bridgehead atoms. The molecule has 2 aliphatic rings. The Hall–Kier alpha value is -3.73. The zero-order chi connectivity index (χ0) is 26.2. The van der Waals surface area contributed by atoms with Gasteiger partial charge in [0.1, 0.15) is 18.1 Å². The molecule has 2 atom stereocenters. The molecule has 1 aromatic heterocycles. The highest BCUT2D eigenvalue weighted by Gasteiger charge is 2.38. The van der Waals surface area contributed by atoms with E-state index in [1.807, 2.05) is 25.1 Å². The number of carbonyl (C=O) groups is 2. The first kappa shape index (κ1) is 24.9. The minimum atomic E-state index is -1.01. The highest BCUT2D eigenvalue weighted by molar-refractivity contribution is 6.02. The van der Waals surface area contributed by atoms with Crippen molar-refractivity contribution in [1.29, 1.82) is 0 Å². The molecule has 1 amide bonds. The normalized spacial score (nSPS) is 19.5. The second kappa shape index (κ2) is 9.97. The third kappa shape index (κ3) is 5.51. The average molecular weight is 506 g/mol. The van der Waals surface area contributed by atoms with E-state index in [0.29, 0.717) is 28.6 Å². The van der Waals surface area contributed by atoms with Crippen LogP contribution in [0.2, 0.25) is 0 Å². The summed E-state index contributed by atoms with van der Waals surface area (Å²) in [6, 6.07) is 11.2. The maximum atomic E-state index is 13.0. The van der Waals surface area contributed by atoms with Crippen molar-refractivity contribution in [3.05, 3.63) is 59.5 Å². The Morgan fingerprint density at radius 3 is 2.73 bits per heavy atom. The van der Waals surface area contributed by atoms with Gasteiger partial charge in [-0.15, -0.1) is 0 Å². The van der Waals surface area contributed by atoms with E-state index >= 15 is 0 Å². The number of carbonyl (C=O) groups excluding carboxylic acids is 2. The molecule has 3 aromatic rings. The lowest BCUT2D eigenvalue weighted by molar-refractivity contribution is -0.118. The number of hydrogen-bond donors (Lipinski definition) is 4. The van der Waals surface area contributed by atoms with E-state index < -0.39 is 11.5 Å². The molecule has 1 saturated heterocycles. The number of aromatic nitrogens is 1.